The molecule has 1 amide bonds. The lowest BCUT2D eigenvalue weighted by Crippen LogP contribution is -2.44. The van der Waals surface area contributed by atoms with Crippen molar-refractivity contribution in [2.24, 2.45) is 0 Å². The van der Waals surface area contributed by atoms with Crippen LogP contribution in [0.3, 0.4) is 0 Å². The van der Waals surface area contributed by atoms with Crippen LogP contribution in [0, 0.1) is 6.92 Å². The molecule has 10 nitrogen and oxygen atoms in total. The molecule has 222 valence electrons. The van der Waals surface area contributed by atoms with Crippen LogP contribution >= 0.6 is 0 Å². The third-order valence-corrected chi connectivity index (χ3v) is 8.15. The number of rotatable bonds is 10. The first-order valence-corrected chi connectivity index (χ1v) is 14.9. The molecule has 0 radical (unpaired) electrons. The second kappa shape index (κ2) is 12.8. The molecule has 0 saturated carbocycles. The fourth-order valence-corrected chi connectivity index (χ4v) is 5.62. The number of pyridine rings is 3. The summed E-state index contributed by atoms with van der Waals surface area (Å²) >= 11 is 0. The molecule has 0 unspecified atom stereocenters. The Morgan fingerprint density at radius 3 is 2.48 bits per heavy atom. The summed E-state index contributed by atoms with van der Waals surface area (Å²) in [5.41, 5.74) is 4.95. The number of aromatic amines is 1. The molecule has 1 fully saturated rings. The third-order valence-electron chi connectivity index (χ3n) is 8.15. The average molecular weight is 572 g/mol. The van der Waals surface area contributed by atoms with E-state index in [4.69, 9.17) is 14.7 Å². The van der Waals surface area contributed by atoms with Crippen molar-refractivity contribution in [1.29, 1.82) is 0 Å². The lowest BCUT2D eigenvalue weighted by atomic mass is 9.97. The topological polar surface area (TPSA) is 108 Å². The number of likely N-dealkylation sites (N-methyl/N-ethyl adjacent to an activating group) is 1. The highest BCUT2D eigenvalue weighted by Gasteiger charge is 2.21. The van der Waals surface area contributed by atoms with Crippen LogP contribution in [0.4, 0.5) is 5.82 Å². The maximum atomic E-state index is 13.7. The Kier molecular flexibility index (Phi) is 8.91. The average Bonchev–Trinajstić information content (AvgIpc) is 3.41. The number of hydrogen-bond acceptors (Lipinski definition) is 7. The number of hydrogen-bond donors (Lipinski definition) is 2. The Bertz CT molecular complexity index is 1600. The molecule has 4 aromatic rings. The molecule has 5 rings (SSSR count). The number of carbonyl (C=O) groups is 1. The van der Waals surface area contributed by atoms with Gasteiger partial charge < -0.3 is 24.8 Å². The van der Waals surface area contributed by atoms with Crippen LogP contribution in [0.25, 0.3) is 16.6 Å². The van der Waals surface area contributed by atoms with Gasteiger partial charge in [-0.1, -0.05) is 13.8 Å². The largest absolute Gasteiger partial charge is 0.493 e. The van der Waals surface area contributed by atoms with E-state index in [1.165, 1.54) is 0 Å². The van der Waals surface area contributed by atoms with E-state index in [1.54, 1.807) is 19.3 Å². The van der Waals surface area contributed by atoms with Crippen molar-refractivity contribution in [2.75, 3.05) is 44.7 Å². The lowest BCUT2D eigenvalue weighted by Gasteiger charge is -2.33. The number of amides is 1. The number of H-pyrrole nitrogens is 1. The molecule has 1 aliphatic heterocycles. The number of piperazine rings is 1. The van der Waals surface area contributed by atoms with E-state index in [0.29, 0.717) is 29.3 Å². The Labute approximate surface area is 246 Å². The standard InChI is InChI=1S/C32H41N7O3/c1-6-22(7-2)30-26-16-24(23-9-10-29(33-18-23)38-13-11-37(5)12-14-38)17-27(39(26)20-35-30)32(41)34-19-25-28(42-8-3)15-21(4)36-31(25)40/h9-10,15-18,20,22H,6-8,11-14,19H2,1-5H3,(H,34,41)(H,36,40). The van der Waals surface area contributed by atoms with Crippen molar-refractivity contribution >= 4 is 17.2 Å². The van der Waals surface area contributed by atoms with Crippen LogP contribution in [-0.4, -0.2) is 70.0 Å². The van der Waals surface area contributed by atoms with Crippen molar-refractivity contribution in [3.05, 3.63) is 75.9 Å². The molecule has 1 aliphatic rings. The number of carbonyl (C=O) groups excluding carboxylic acids is 1. The van der Waals surface area contributed by atoms with E-state index in [2.05, 4.69) is 59.2 Å². The molecule has 5 heterocycles. The summed E-state index contributed by atoms with van der Waals surface area (Å²) in [6.07, 6.45) is 5.51. The number of nitrogens with zero attached hydrogens (tertiary/aromatic N) is 5. The lowest BCUT2D eigenvalue weighted by molar-refractivity contribution is 0.0944. The number of anilines is 1. The highest BCUT2D eigenvalue weighted by atomic mass is 16.5. The van der Waals surface area contributed by atoms with Crippen molar-refractivity contribution in [3.63, 3.8) is 0 Å². The van der Waals surface area contributed by atoms with Gasteiger partial charge in [0.25, 0.3) is 11.5 Å². The molecule has 1 saturated heterocycles. The first-order chi connectivity index (χ1) is 20.3. The van der Waals surface area contributed by atoms with Crippen LogP contribution in [0.1, 0.15) is 67.0 Å². The van der Waals surface area contributed by atoms with Crippen LogP contribution in [-0.2, 0) is 6.54 Å². The minimum atomic E-state index is -0.306. The first kappa shape index (κ1) is 29.3. The van der Waals surface area contributed by atoms with E-state index in [-0.39, 0.29) is 23.9 Å². The zero-order chi connectivity index (χ0) is 29.8. The molecule has 0 aromatic carbocycles. The van der Waals surface area contributed by atoms with E-state index >= 15 is 0 Å². The zero-order valence-corrected chi connectivity index (χ0v) is 25.2. The molecule has 0 atom stereocenters. The van der Waals surface area contributed by atoms with Crippen LogP contribution in [0.5, 0.6) is 5.75 Å². The first-order valence-electron chi connectivity index (χ1n) is 14.9. The quantitative estimate of drug-likeness (QED) is 0.291. The van der Waals surface area contributed by atoms with Gasteiger partial charge in [-0.2, -0.15) is 0 Å². The number of imidazole rings is 1. The molecule has 2 N–H and O–H groups in total. The van der Waals surface area contributed by atoms with Gasteiger partial charge >= 0.3 is 0 Å². The summed E-state index contributed by atoms with van der Waals surface area (Å²) in [6.45, 7) is 12.4. The van der Waals surface area contributed by atoms with E-state index < -0.39 is 0 Å². The molecular weight excluding hydrogens is 530 g/mol. The van der Waals surface area contributed by atoms with E-state index in [1.807, 2.05) is 23.6 Å². The Morgan fingerprint density at radius 1 is 1.05 bits per heavy atom. The molecule has 10 heteroatoms. The molecule has 4 aromatic heterocycles. The fourth-order valence-electron chi connectivity index (χ4n) is 5.62. The minimum absolute atomic E-state index is 0.0326. The van der Waals surface area contributed by atoms with Gasteiger partial charge in [-0.15, -0.1) is 0 Å². The summed E-state index contributed by atoms with van der Waals surface area (Å²) in [4.78, 5) is 43.4. The Hall–Kier alpha value is -4.18. The van der Waals surface area contributed by atoms with Gasteiger partial charge in [0.2, 0.25) is 0 Å². The fraction of sp³-hybridized carbons (Fsp3) is 0.438. The smallest absolute Gasteiger partial charge is 0.268 e. The summed E-state index contributed by atoms with van der Waals surface area (Å²) in [7, 11) is 2.14. The third kappa shape index (κ3) is 6.04. The maximum absolute atomic E-state index is 13.7. The Balaban J connectivity index is 1.50. The molecule has 0 spiro atoms. The van der Waals surface area contributed by atoms with Crippen molar-refractivity contribution in [3.8, 4) is 16.9 Å². The highest BCUT2D eigenvalue weighted by molar-refractivity contribution is 5.95. The number of ether oxygens (including phenoxy) is 1. The van der Waals surface area contributed by atoms with Crippen LogP contribution < -0.4 is 20.5 Å². The second-order valence-corrected chi connectivity index (χ2v) is 11.0. The summed E-state index contributed by atoms with van der Waals surface area (Å²) in [5.74, 6) is 1.41. The number of aryl methyl sites for hydroxylation is 1. The normalized spacial score (nSPS) is 14.1. The van der Waals surface area contributed by atoms with Crippen LogP contribution in [0.15, 0.2) is 47.7 Å². The summed E-state index contributed by atoms with van der Waals surface area (Å²) < 4.78 is 7.55. The molecular formula is C32H41N7O3. The number of aromatic nitrogens is 4. The van der Waals surface area contributed by atoms with Gasteiger partial charge in [-0.05, 0) is 69.6 Å². The van der Waals surface area contributed by atoms with Crippen molar-refractivity contribution in [2.45, 2.75) is 53.0 Å². The number of nitrogens with one attached hydrogen (secondary N) is 2. The molecule has 0 aliphatic carbocycles. The summed E-state index contributed by atoms with van der Waals surface area (Å²) in [6, 6.07) is 9.88. The highest BCUT2D eigenvalue weighted by Crippen LogP contribution is 2.31. The van der Waals surface area contributed by atoms with Gasteiger partial charge in [0.05, 0.1) is 29.9 Å². The minimum Gasteiger partial charge on any atom is -0.493 e. The van der Waals surface area contributed by atoms with Crippen LogP contribution in [0.2, 0.25) is 0 Å². The zero-order valence-electron chi connectivity index (χ0n) is 25.2. The maximum Gasteiger partial charge on any atom is 0.268 e. The SMILES string of the molecule is CCOc1cc(C)[nH]c(=O)c1CNC(=O)c1cc(-c2ccc(N3CCN(C)CC3)nc2)cc2c(C(CC)CC)ncn12. The van der Waals surface area contributed by atoms with E-state index in [9.17, 15) is 9.59 Å². The predicted octanol–water partition coefficient (Wildman–Crippen LogP) is 4.38. The predicted molar refractivity (Wildman–Crippen MR) is 166 cm³/mol. The van der Waals surface area contributed by atoms with Crippen molar-refractivity contribution in [1.82, 2.24) is 29.6 Å². The number of fused-ring (bicyclic) bond motifs is 1. The molecule has 42 heavy (non-hydrogen) atoms. The second-order valence-electron chi connectivity index (χ2n) is 11.0. The van der Waals surface area contributed by atoms with E-state index in [0.717, 1.165) is 67.2 Å². The van der Waals surface area contributed by atoms with Gasteiger partial charge in [-0.3, -0.25) is 14.0 Å². The van der Waals surface area contributed by atoms with Crippen molar-refractivity contribution < 1.29 is 9.53 Å². The van der Waals surface area contributed by atoms with Gasteiger partial charge in [0.1, 0.15) is 23.6 Å². The monoisotopic (exact) mass is 571 g/mol. The summed E-state index contributed by atoms with van der Waals surface area (Å²) in [5, 5.41) is 2.95. The van der Waals surface area contributed by atoms with Gasteiger partial charge in [0, 0.05) is 49.6 Å². The van der Waals surface area contributed by atoms with Gasteiger partial charge in [0.15, 0.2) is 0 Å². The Morgan fingerprint density at radius 2 is 1.81 bits per heavy atom. The molecule has 0 bridgehead atoms. The van der Waals surface area contributed by atoms with Gasteiger partial charge in [-0.25, -0.2) is 9.97 Å².